The van der Waals surface area contributed by atoms with Crippen LogP contribution >= 0.6 is 0 Å². The first-order valence-corrected chi connectivity index (χ1v) is 11.5. The highest BCUT2D eigenvalue weighted by molar-refractivity contribution is 5.94. The third-order valence-corrected chi connectivity index (χ3v) is 6.40. The van der Waals surface area contributed by atoms with Gasteiger partial charge in [-0.15, -0.1) is 0 Å². The van der Waals surface area contributed by atoms with Gasteiger partial charge in [0.25, 0.3) is 5.91 Å². The summed E-state index contributed by atoms with van der Waals surface area (Å²) in [5.74, 6) is -0.337. The van der Waals surface area contributed by atoms with Gasteiger partial charge in [-0.2, -0.15) is 13.2 Å². The fraction of sp³-hybridized carbons (Fsp3) is 0.370. The van der Waals surface area contributed by atoms with Crippen molar-refractivity contribution in [2.45, 2.75) is 64.3 Å². The molecule has 1 saturated carbocycles. The van der Waals surface area contributed by atoms with Crippen molar-refractivity contribution < 1.29 is 18.0 Å². The molecule has 0 N–H and O–H groups in total. The molecule has 0 spiro atoms. The number of hydrogen-bond donors (Lipinski definition) is 0. The molecule has 4 rings (SSSR count). The molecule has 1 fully saturated rings. The molecule has 33 heavy (non-hydrogen) atoms. The zero-order chi connectivity index (χ0) is 23.4. The number of halogens is 3. The zero-order valence-electron chi connectivity index (χ0n) is 18.8. The topological polar surface area (TPSA) is 25.2 Å². The van der Waals surface area contributed by atoms with Gasteiger partial charge in [0.05, 0.1) is 12.1 Å². The van der Waals surface area contributed by atoms with Gasteiger partial charge in [0.15, 0.2) is 0 Å². The Morgan fingerprint density at radius 3 is 2.48 bits per heavy atom. The zero-order valence-corrected chi connectivity index (χ0v) is 18.8. The normalized spacial score (nSPS) is 14.9. The van der Waals surface area contributed by atoms with Gasteiger partial charge in [0.2, 0.25) is 0 Å². The molecule has 1 amide bonds. The van der Waals surface area contributed by atoms with E-state index in [0.29, 0.717) is 13.1 Å². The molecule has 3 aromatic rings. The van der Waals surface area contributed by atoms with Crippen LogP contribution in [0.4, 0.5) is 13.2 Å². The van der Waals surface area contributed by atoms with Crippen LogP contribution in [0.15, 0.2) is 66.9 Å². The quantitative estimate of drug-likeness (QED) is 0.400. The predicted molar refractivity (Wildman–Crippen MR) is 123 cm³/mol. The highest BCUT2D eigenvalue weighted by Gasteiger charge is 2.32. The molecular weight excluding hydrogens is 425 g/mol. The predicted octanol–water partition coefficient (Wildman–Crippen LogP) is 6.84. The number of rotatable bonds is 6. The van der Waals surface area contributed by atoms with Gasteiger partial charge < -0.3 is 9.47 Å². The van der Waals surface area contributed by atoms with Crippen LogP contribution in [0.3, 0.4) is 0 Å². The molecule has 6 heteroatoms. The summed E-state index contributed by atoms with van der Waals surface area (Å²) in [6, 6.07) is 17.1. The minimum absolute atomic E-state index is 0.0307. The van der Waals surface area contributed by atoms with Crippen LogP contribution < -0.4 is 0 Å². The summed E-state index contributed by atoms with van der Waals surface area (Å²) < 4.78 is 41.9. The molecule has 0 radical (unpaired) electrons. The lowest BCUT2D eigenvalue weighted by Crippen LogP contribution is -2.41. The summed E-state index contributed by atoms with van der Waals surface area (Å²) in [5.41, 5.74) is 2.62. The fourth-order valence-electron chi connectivity index (χ4n) is 4.68. The van der Waals surface area contributed by atoms with Gasteiger partial charge in [-0.3, -0.25) is 4.79 Å². The Kier molecular flexibility index (Phi) is 6.91. The Morgan fingerprint density at radius 2 is 1.76 bits per heavy atom. The third kappa shape index (κ3) is 5.67. The maximum Gasteiger partial charge on any atom is 0.416 e. The summed E-state index contributed by atoms with van der Waals surface area (Å²) in [4.78, 5) is 15.3. The second kappa shape index (κ2) is 9.86. The molecule has 0 saturated heterocycles. The standard InChI is InChI=1S/C27H29F3N2O/c1-20-8-5-9-21(16-20)18-31-15-7-14-25(31)19-32(24-12-3-2-4-13-24)26(33)22-10-6-11-23(17-22)27(28,29)30/h5-11,14-17,24H,2-4,12-13,18-19H2,1H3. The molecule has 1 aliphatic carbocycles. The number of hydrogen-bond acceptors (Lipinski definition) is 1. The van der Waals surface area contributed by atoms with Crippen LogP contribution in [-0.2, 0) is 19.3 Å². The lowest BCUT2D eigenvalue weighted by molar-refractivity contribution is -0.137. The smallest absolute Gasteiger partial charge is 0.345 e. The summed E-state index contributed by atoms with van der Waals surface area (Å²) in [6.45, 7) is 3.11. The van der Waals surface area contributed by atoms with E-state index in [4.69, 9.17) is 0 Å². The van der Waals surface area contributed by atoms with E-state index in [0.717, 1.165) is 49.9 Å². The van der Waals surface area contributed by atoms with Gasteiger partial charge >= 0.3 is 6.18 Å². The molecule has 174 valence electrons. The Labute approximate surface area is 192 Å². The number of alkyl halides is 3. The lowest BCUT2D eigenvalue weighted by atomic mass is 9.93. The number of benzene rings is 2. The second-order valence-corrected chi connectivity index (χ2v) is 8.92. The summed E-state index contributed by atoms with van der Waals surface area (Å²) in [7, 11) is 0. The third-order valence-electron chi connectivity index (χ3n) is 6.40. The van der Waals surface area contributed by atoms with Crippen molar-refractivity contribution in [3.63, 3.8) is 0 Å². The van der Waals surface area contributed by atoms with Crippen LogP contribution in [0.1, 0.15) is 64.8 Å². The molecule has 3 nitrogen and oxygen atoms in total. The average Bonchev–Trinajstić information content (AvgIpc) is 3.23. The second-order valence-electron chi connectivity index (χ2n) is 8.92. The molecule has 0 aliphatic heterocycles. The van der Waals surface area contributed by atoms with E-state index in [1.165, 1.54) is 23.3 Å². The highest BCUT2D eigenvalue weighted by atomic mass is 19.4. The molecular formula is C27H29F3N2O. The first kappa shape index (κ1) is 23.1. The van der Waals surface area contributed by atoms with E-state index in [1.807, 2.05) is 24.4 Å². The van der Waals surface area contributed by atoms with E-state index in [2.05, 4.69) is 29.7 Å². The van der Waals surface area contributed by atoms with Crippen LogP contribution in [0.25, 0.3) is 0 Å². The maximum atomic E-state index is 13.5. The molecule has 2 aromatic carbocycles. The highest BCUT2D eigenvalue weighted by Crippen LogP contribution is 2.31. The SMILES string of the molecule is Cc1cccc(Cn2cccc2CN(C(=O)c2cccc(C(F)(F)F)c2)C2CCCCC2)c1. The summed E-state index contributed by atoms with van der Waals surface area (Å²) in [6.07, 6.45) is 2.46. The Hall–Kier alpha value is -3.02. The van der Waals surface area contributed by atoms with E-state index >= 15 is 0 Å². The van der Waals surface area contributed by atoms with E-state index in [1.54, 1.807) is 4.90 Å². The minimum atomic E-state index is -4.48. The average molecular weight is 455 g/mol. The van der Waals surface area contributed by atoms with Gasteiger partial charge in [-0.05, 0) is 55.7 Å². The number of nitrogens with zero attached hydrogens (tertiary/aromatic N) is 2. The lowest BCUT2D eigenvalue weighted by Gasteiger charge is -2.35. The van der Waals surface area contributed by atoms with E-state index in [9.17, 15) is 18.0 Å². The van der Waals surface area contributed by atoms with Gasteiger partial charge in [-0.25, -0.2) is 0 Å². The molecule has 1 aliphatic rings. The molecule has 1 aromatic heterocycles. The first-order chi connectivity index (χ1) is 15.8. The Balaban J connectivity index is 1.61. The van der Waals surface area contributed by atoms with Crippen molar-refractivity contribution in [3.05, 3.63) is 94.8 Å². The minimum Gasteiger partial charge on any atom is -0.345 e. The van der Waals surface area contributed by atoms with Crippen molar-refractivity contribution in [2.24, 2.45) is 0 Å². The largest absolute Gasteiger partial charge is 0.416 e. The van der Waals surface area contributed by atoms with Crippen LogP contribution in [0.5, 0.6) is 0 Å². The maximum absolute atomic E-state index is 13.5. The van der Waals surface area contributed by atoms with Crippen LogP contribution in [0, 0.1) is 6.92 Å². The number of carbonyl (C=O) groups excluding carboxylic acids is 1. The van der Waals surface area contributed by atoms with E-state index < -0.39 is 11.7 Å². The molecule has 0 bridgehead atoms. The van der Waals surface area contributed by atoms with Crippen molar-refractivity contribution >= 4 is 5.91 Å². The van der Waals surface area contributed by atoms with Crippen molar-refractivity contribution in [2.75, 3.05) is 0 Å². The molecule has 0 unspecified atom stereocenters. The van der Waals surface area contributed by atoms with E-state index in [-0.39, 0.29) is 17.5 Å². The van der Waals surface area contributed by atoms with Crippen molar-refractivity contribution in [3.8, 4) is 0 Å². The summed E-state index contributed by atoms with van der Waals surface area (Å²) in [5, 5.41) is 0. The van der Waals surface area contributed by atoms with Crippen LogP contribution in [-0.4, -0.2) is 21.4 Å². The number of aryl methyl sites for hydroxylation is 1. The van der Waals surface area contributed by atoms with Gasteiger partial charge in [-0.1, -0.05) is 55.2 Å². The van der Waals surface area contributed by atoms with Crippen molar-refractivity contribution in [1.29, 1.82) is 0 Å². The first-order valence-electron chi connectivity index (χ1n) is 11.5. The number of amides is 1. The Bertz CT molecular complexity index is 1100. The Morgan fingerprint density at radius 1 is 1.00 bits per heavy atom. The monoisotopic (exact) mass is 454 g/mol. The van der Waals surface area contributed by atoms with Crippen LogP contribution in [0.2, 0.25) is 0 Å². The number of aromatic nitrogens is 1. The summed E-state index contributed by atoms with van der Waals surface area (Å²) >= 11 is 0. The van der Waals surface area contributed by atoms with Gasteiger partial charge in [0.1, 0.15) is 0 Å². The molecule has 0 atom stereocenters. The molecule has 1 heterocycles. The van der Waals surface area contributed by atoms with Gasteiger partial charge in [0, 0.05) is 30.0 Å². The number of carbonyl (C=O) groups is 1. The van der Waals surface area contributed by atoms with Crippen molar-refractivity contribution in [1.82, 2.24) is 9.47 Å². The fourth-order valence-corrected chi connectivity index (χ4v) is 4.68.